The highest BCUT2D eigenvalue weighted by molar-refractivity contribution is 7.89. The van der Waals surface area contributed by atoms with Crippen LogP contribution in [0.15, 0.2) is 47.9 Å². The molecule has 0 unspecified atom stereocenters. The fourth-order valence-corrected chi connectivity index (χ4v) is 4.67. The van der Waals surface area contributed by atoms with Gasteiger partial charge in [0.1, 0.15) is 0 Å². The molecule has 8 heteroatoms. The summed E-state index contributed by atoms with van der Waals surface area (Å²) in [5.74, 6) is 0.292. The standard InChI is InChI=1S/C19H26N4O3S/c1-16-6-11-23(12-7-16)27(25,26)18-5-2-4-17(14-18)19(24)21-8-3-10-22-13-9-20-15-22/h2,4-5,9,13-16H,3,6-8,10-12H2,1H3,(H,21,24). The molecule has 3 rings (SSSR count). The normalized spacial score (nSPS) is 16.3. The lowest BCUT2D eigenvalue weighted by molar-refractivity contribution is 0.0952. The van der Waals surface area contributed by atoms with Gasteiger partial charge in [0.2, 0.25) is 10.0 Å². The lowest BCUT2D eigenvalue weighted by atomic mass is 10.0. The minimum absolute atomic E-state index is 0.183. The molecule has 27 heavy (non-hydrogen) atoms. The van der Waals surface area contributed by atoms with Gasteiger partial charge in [-0.1, -0.05) is 13.0 Å². The third-order valence-electron chi connectivity index (χ3n) is 4.91. The van der Waals surface area contributed by atoms with Crippen molar-refractivity contribution < 1.29 is 13.2 Å². The number of imidazole rings is 1. The van der Waals surface area contributed by atoms with E-state index in [0.717, 1.165) is 25.8 Å². The summed E-state index contributed by atoms with van der Waals surface area (Å²) in [6.45, 7) is 4.49. The molecule has 1 aliphatic rings. The van der Waals surface area contributed by atoms with Crippen LogP contribution in [-0.2, 0) is 16.6 Å². The number of aryl methyl sites for hydroxylation is 1. The van der Waals surface area contributed by atoms with Crippen molar-refractivity contribution in [3.8, 4) is 0 Å². The summed E-state index contributed by atoms with van der Waals surface area (Å²) in [6, 6.07) is 6.30. The van der Waals surface area contributed by atoms with Gasteiger partial charge in [-0.15, -0.1) is 0 Å². The van der Waals surface area contributed by atoms with E-state index in [2.05, 4.69) is 17.2 Å². The Morgan fingerprint density at radius 1 is 1.30 bits per heavy atom. The summed E-state index contributed by atoms with van der Waals surface area (Å²) in [5, 5.41) is 2.84. The molecular formula is C19H26N4O3S. The maximum atomic E-state index is 12.8. The first-order valence-corrected chi connectivity index (χ1v) is 10.7. The highest BCUT2D eigenvalue weighted by atomic mass is 32.2. The molecule has 7 nitrogen and oxygen atoms in total. The molecule has 0 saturated carbocycles. The largest absolute Gasteiger partial charge is 0.352 e. The average molecular weight is 391 g/mol. The Morgan fingerprint density at radius 2 is 2.07 bits per heavy atom. The van der Waals surface area contributed by atoms with Crippen LogP contribution in [0.3, 0.4) is 0 Å². The number of benzene rings is 1. The van der Waals surface area contributed by atoms with Crippen molar-refractivity contribution in [1.82, 2.24) is 19.2 Å². The molecule has 0 aliphatic carbocycles. The molecule has 0 atom stereocenters. The van der Waals surface area contributed by atoms with Gasteiger partial charge in [0.05, 0.1) is 11.2 Å². The van der Waals surface area contributed by atoms with E-state index in [-0.39, 0.29) is 10.8 Å². The highest BCUT2D eigenvalue weighted by Crippen LogP contribution is 2.23. The van der Waals surface area contributed by atoms with Crippen LogP contribution in [0, 0.1) is 5.92 Å². The number of aromatic nitrogens is 2. The predicted molar refractivity (Wildman–Crippen MR) is 103 cm³/mol. The summed E-state index contributed by atoms with van der Waals surface area (Å²) in [5.41, 5.74) is 0.365. The number of hydrogen-bond donors (Lipinski definition) is 1. The fraction of sp³-hybridized carbons (Fsp3) is 0.474. The average Bonchev–Trinajstić information content (AvgIpc) is 3.19. The topological polar surface area (TPSA) is 84.3 Å². The molecule has 1 N–H and O–H groups in total. The molecule has 0 spiro atoms. The minimum Gasteiger partial charge on any atom is -0.352 e. The Bertz CT molecular complexity index is 857. The molecule has 1 fully saturated rings. The summed E-state index contributed by atoms with van der Waals surface area (Å²) < 4.78 is 29.2. The van der Waals surface area contributed by atoms with E-state index in [4.69, 9.17) is 0 Å². The second kappa shape index (κ2) is 8.67. The minimum atomic E-state index is -3.55. The highest BCUT2D eigenvalue weighted by Gasteiger charge is 2.28. The van der Waals surface area contributed by atoms with Crippen molar-refractivity contribution in [1.29, 1.82) is 0 Å². The number of carbonyl (C=O) groups excluding carboxylic acids is 1. The number of carbonyl (C=O) groups is 1. The van der Waals surface area contributed by atoms with Crippen molar-refractivity contribution in [2.45, 2.75) is 37.6 Å². The summed E-state index contributed by atoms with van der Waals surface area (Å²) >= 11 is 0. The Morgan fingerprint density at radius 3 is 2.78 bits per heavy atom. The fourth-order valence-electron chi connectivity index (χ4n) is 3.16. The monoisotopic (exact) mass is 390 g/mol. The van der Waals surface area contributed by atoms with Crippen LogP contribution in [0.25, 0.3) is 0 Å². The van der Waals surface area contributed by atoms with Crippen molar-refractivity contribution >= 4 is 15.9 Å². The SMILES string of the molecule is CC1CCN(S(=O)(=O)c2cccc(C(=O)NCCCn3ccnc3)c2)CC1. The maximum Gasteiger partial charge on any atom is 0.251 e. The number of nitrogens with one attached hydrogen (secondary N) is 1. The smallest absolute Gasteiger partial charge is 0.251 e. The predicted octanol–water partition coefficient (Wildman–Crippen LogP) is 2.12. The van der Waals surface area contributed by atoms with Crippen LogP contribution < -0.4 is 5.32 Å². The molecule has 2 heterocycles. The van der Waals surface area contributed by atoms with Crippen LogP contribution >= 0.6 is 0 Å². The third-order valence-corrected chi connectivity index (χ3v) is 6.81. The lowest BCUT2D eigenvalue weighted by Gasteiger charge is -2.29. The van der Waals surface area contributed by atoms with Gasteiger partial charge in [-0.3, -0.25) is 4.79 Å². The molecular weight excluding hydrogens is 364 g/mol. The molecule has 2 aromatic rings. The van der Waals surface area contributed by atoms with Gasteiger partial charge in [-0.2, -0.15) is 4.31 Å². The molecule has 1 aromatic carbocycles. The van der Waals surface area contributed by atoms with Crippen LogP contribution in [0.4, 0.5) is 0 Å². The number of rotatable bonds is 7. The first kappa shape index (κ1) is 19.6. The molecule has 1 aliphatic heterocycles. The number of hydrogen-bond acceptors (Lipinski definition) is 4. The zero-order valence-corrected chi connectivity index (χ0v) is 16.4. The molecule has 0 radical (unpaired) electrons. The third kappa shape index (κ3) is 4.95. The zero-order chi connectivity index (χ0) is 19.3. The molecule has 1 amide bonds. The van der Waals surface area contributed by atoms with Gasteiger partial charge in [0, 0.05) is 44.1 Å². The molecule has 1 saturated heterocycles. The first-order chi connectivity index (χ1) is 13.0. The second-order valence-corrected chi connectivity index (χ2v) is 8.96. The Balaban J connectivity index is 1.59. The van der Waals surface area contributed by atoms with E-state index < -0.39 is 10.0 Å². The quantitative estimate of drug-likeness (QED) is 0.734. The second-order valence-electron chi connectivity index (χ2n) is 7.02. The molecule has 0 bridgehead atoms. The van der Waals surface area contributed by atoms with Crippen LogP contribution in [0.5, 0.6) is 0 Å². The van der Waals surface area contributed by atoms with Gasteiger partial charge in [-0.25, -0.2) is 13.4 Å². The van der Waals surface area contributed by atoms with E-state index in [1.807, 2.05) is 10.8 Å². The summed E-state index contributed by atoms with van der Waals surface area (Å²) in [4.78, 5) is 16.5. The van der Waals surface area contributed by atoms with Crippen LogP contribution in [-0.4, -0.2) is 47.8 Å². The van der Waals surface area contributed by atoms with Gasteiger partial charge in [0.15, 0.2) is 0 Å². The number of sulfonamides is 1. The van der Waals surface area contributed by atoms with Gasteiger partial charge >= 0.3 is 0 Å². The number of nitrogens with zero attached hydrogens (tertiary/aromatic N) is 3. The van der Waals surface area contributed by atoms with E-state index in [9.17, 15) is 13.2 Å². The number of amides is 1. The van der Waals surface area contributed by atoms with Gasteiger partial charge in [-0.05, 0) is 43.4 Å². The Kier molecular flexibility index (Phi) is 6.28. The number of piperidine rings is 1. The Labute approximate surface area is 160 Å². The summed E-state index contributed by atoms with van der Waals surface area (Å²) in [7, 11) is -3.55. The van der Waals surface area contributed by atoms with Crippen LogP contribution in [0.2, 0.25) is 0 Å². The van der Waals surface area contributed by atoms with Crippen LogP contribution in [0.1, 0.15) is 36.5 Å². The van der Waals surface area contributed by atoms with Crippen molar-refractivity contribution in [3.63, 3.8) is 0 Å². The zero-order valence-electron chi connectivity index (χ0n) is 15.5. The van der Waals surface area contributed by atoms with E-state index in [1.54, 1.807) is 30.7 Å². The molecule has 146 valence electrons. The van der Waals surface area contributed by atoms with Gasteiger partial charge < -0.3 is 9.88 Å². The van der Waals surface area contributed by atoms with E-state index in [1.165, 1.54) is 10.4 Å². The van der Waals surface area contributed by atoms with E-state index >= 15 is 0 Å². The van der Waals surface area contributed by atoms with Crippen molar-refractivity contribution in [3.05, 3.63) is 48.5 Å². The lowest BCUT2D eigenvalue weighted by Crippen LogP contribution is -2.38. The van der Waals surface area contributed by atoms with Crippen molar-refractivity contribution in [2.24, 2.45) is 5.92 Å². The van der Waals surface area contributed by atoms with Crippen molar-refractivity contribution in [2.75, 3.05) is 19.6 Å². The summed E-state index contributed by atoms with van der Waals surface area (Å²) in [6.07, 6.45) is 7.83. The molecule has 1 aromatic heterocycles. The Hall–Kier alpha value is -2.19. The maximum absolute atomic E-state index is 12.8. The van der Waals surface area contributed by atoms with E-state index in [0.29, 0.717) is 31.1 Å². The first-order valence-electron chi connectivity index (χ1n) is 9.31. The van der Waals surface area contributed by atoms with Gasteiger partial charge in [0.25, 0.3) is 5.91 Å².